The lowest BCUT2D eigenvalue weighted by Crippen LogP contribution is -2.39. The average molecular weight is 479 g/mol. The summed E-state index contributed by atoms with van der Waals surface area (Å²) in [6.45, 7) is 3.02. The maximum absolute atomic E-state index is 13.5. The second-order valence-corrected chi connectivity index (χ2v) is 10.4. The first kappa shape index (κ1) is 22.4. The van der Waals surface area contributed by atoms with Gasteiger partial charge in [-0.25, -0.2) is 18.1 Å². The molecule has 1 saturated heterocycles. The minimum absolute atomic E-state index is 0.0395. The van der Waals surface area contributed by atoms with Gasteiger partial charge in [-0.05, 0) is 61.7 Å². The number of carbonyl (C=O) groups is 1. The number of aromatic nitrogens is 2. The van der Waals surface area contributed by atoms with Crippen molar-refractivity contribution in [2.45, 2.75) is 37.1 Å². The van der Waals surface area contributed by atoms with Gasteiger partial charge in [-0.3, -0.25) is 4.79 Å². The van der Waals surface area contributed by atoms with E-state index in [0.29, 0.717) is 24.4 Å². The van der Waals surface area contributed by atoms with Crippen molar-refractivity contribution >= 4 is 27.0 Å². The number of likely N-dealkylation sites (tertiary alicyclic amines) is 1. The van der Waals surface area contributed by atoms with E-state index in [9.17, 15) is 13.2 Å². The minimum atomic E-state index is -3.80. The number of fused-ring (bicyclic) bond motifs is 1. The standard InChI is InChI=1S/C25H26N4O4S/c1-17-10-11-20(34(31,32)26-15-19-7-5-13-33-19)14-21(17)25(30)29-12-4-6-18(16-29)24-27-22-8-2-3-9-23(22)28-24/h2-3,5,7-11,13-14,18,26H,4,6,12,15-16H2,1H3,(H,27,28). The molecule has 2 aromatic heterocycles. The number of aromatic amines is 1. The van der Waals surface area contributed by atoms with Crippen LogP contribution in [0.25, 0.3) is 11.0 Å². The minimum Gasteiger partial charge on any atom is -0.468 e. The highest BCUT2D eigenvalue weighted by Crippen LogP contribution is 2.28. The number of amides is 1. The number of carbonyl (C=O) groups excluding carboxylic acids is 1. The van der Waals surface area contributed by atoms with Crippen LogP contribution in [-0.2, 0) is 16.6 Å². The molecule has 8 nitrogen and oxygen atoms in total. The molecule has 0 saturated carbocycles. The monoisotopic (exact) mass is 478 g/mol. The summed E-state index contributed by atoms with van der Waals surface area (Å²) in [4.78, 5) is 23.4. The third-order valence-corrected chi connectivity index (χ3v) is 7.67. The fraction of sp³-hybridized carbons (Fsp3) is 0.280. The van der Waals surface area contributed by atoms with Gasteiger partial charge >= 0.3 is 0 Å². The molecule has 176 valence electrons. The van der Waals surface area contributed by atoms with Crippen LogP contribution in [0.4, 0.5) is 0 Å². The number of benzene rings is 2. The Labute approximate surface area is 198 Å². The van der Waals surface area contributed by atoms with E-state index in [1.807, 2.05) is 31.2 Å². The molecule has 0 aliphatic carbocycles. The molecular formula is C25H26N4O4S. The van der Waals surface area contributed by atoms with Crippen LogP contribution < -0.4 is 4.72 Å². The van der Waals surface area contributed by atoms with Gasteiger partial charge < -0.3 is 14.3 Å². The molecule has 2 N–H and O–H groups in total. The SMILES string of the molecule is Cc1ccc(S(=O)(=O)NCc2ccco2)cc1C(=O)N1CCCC(c2nc3ccccc3[nH]2)C1. The van der Waals surface area contributed by atoms with Crippen molar-refractivity contribution in [3.8, 4) is 0 Å². The molecule has 4 aromatic rings. The number of aryl methyl sites for hydroxylation is 1. The molecule has 1 aliphatic heterocycles. The molecule has 1 aliphatic rings. The number of sulfonamides is 1. The Hall–Kier alpha value is -3.43. The van der Waals surface area contributed by atoms with Crippen molar-refractivity contribution in [1.82, 2.24) is 19.6 Å². The van der Waals surface area contributed by atoms with E-state index in [0.717, 1.165) is 35.3 Å². The summed E-state index contributed by atoms with van der Waals surface area (Å²) in [6, 6.07) is 15.9. The zero-order chi connectivity index (χ0) is 23.7. The van der Waals surface area contributed by atoms with Gasteiger partial charge in [0, 0.05) is 24.6 Å². The third kappa shape index (κ3) is 4.49. The zero-order valence-corrected chi connectivity index (χ0v) is 19.6. The van der Waals surface area contributed by atoms with Gasteiger partial charge in [-0.2, -0.15) is 0 Å². The topological polar surface area (TPSA) is 108 Å². The molecule has 1 fully saturated rings. The van der Waals surface area contributed by atoms with E-state index in [4.69, 9.17) is 9.40 Å². The van der Waals surface area contributed by atoms with E-state index in [1.165, 1.54) is 18.4 Å². The van der Waals surface area contributed by atoms with Crippen LogP contribution in [0.5, 0.6) is 0 Å². The molecule has 1 amide bonds. The van der Waals surface area contributed by atoms with Gasteiger partial charge in [-0.1, -0.05) is 18.2 Å². The Morgan fingerprint density at radius 2 is 2.06 bits per heavy atom. The van der Waals surface area contributed by atoms with Crippen LogP contribution in [0.2, 0.25) is 0 Å². The predicted molar refractivity (Wildman–Crippen MR) is 128 cm³/mol. The second kappa shape index (κ2) is 9.08. The summed E-state index contributed by atoms with van der Waals surface area (Å²) in [5, 5.41) is 0. The van der Waals surface area contributed by atoms with Crippen molar-refractivity contribution in [3.63, 3.8) is 0 Å². The van der Waals surface area contributed by atoms with E-state index < -0.39 is 10.0 Å². The Morgan fingerprint density at radius 1 is 1.21 bits per heavy atom. The number of hydrogen-bond donors (Lipinski definition) is 2. The normalized spacial score (nSPS) is 16.7. The van der Waals surface area contributed by atoms with Crippen molar-refractivity contribution in [2.75, 3.05) is 13.1 Å². The molecule has 1 atom stereocenters. The summed E-state index contributed by atoms with van der Waals surface area (Å²) >= 11 is 0. The average Bonchev–Trinajstić information content (AvgIpc) is 3.52. The number of rotatable bonds is 6. The van der Waals surface area contributed by atoms with Crippen LogP contribution in [0.3, 0.4) is 0 Å². The molecular weight excluding hydrogens is 452 g/mol. The number of piperidine rings is 1. The lowest BCUT2D eigenvalue weighted by Gasteiger charge is -2.32. The number of imidazole rings is 1. The fourth-order valence-corrected chi connectivity index (χ4v) is 5.40. The molecule has 9 heteroatoms. The first-order valence-corrected chi connectivity index (χ1v) is 12.8. The lowest BCUT2D eigenvalue weighted by atomic mass is 9.96. The maximum Gasteiger partial charge on any atom is 0.254 e. The number of H-pyrrole nitrogens is 1. The van der Waals surface area contributed by atoms with Crippen LogP contribution in [0, 0.1) is 6.92 Å². The van der Waals surface area contributed by atoms with E-state index in [1.54, 1.807) is 23.1 Å². The number of para-hydroxylation sites is 2. The smallest absolute Gasteiger partial charge is 0.254 e. The maximum atomic E-state index is 13.5. The highest BCUT2D eigenvalue weighted by molar-refractivity contribution is 7.89. The molecule has 2 aromatic carbocycles. The predicted octanol–water partition coefficient (Wildman–Crippen LogP) is 3.96. The fourth-order valence-electron chi connectivity index (χ4n) is 4.38. The van der Waals surface area contributed by atoms with E-state index in [-0.39, 0.29) is 23.3 Å². The summed E-state index contributed by atoms with van der Waals surface area (Å²) in [7, 11) is -3.80. The number of nitrogens with one attached hydrogen (secondary N) is 2. The molecule has 1 unspecified atom stereocenters. The summed E-state index contributed by atoms with van der Waals surface area (Å²) in [6.07, 6.45) is 3.28. The van der Waals surface area contributed by atoms with Gasteiger partial charge in [-0.15, -0.1) is 0 Å². The Balaban J connectivity index is 1.35. The van der Waals surface area contributed by atoms with Crippen LogP contribution >= 0.6 is 0 Å². The van der Waals surface area contributed by atoms with Crippen molar-refractivity contribution in [3.05, 3.63) is 83.6 Å². The molecule has 3 heterocycles. The summed E-state index contributed by atoms with van der Waals surface area (Å²) < 4.78 is 33.4. The van der Waals surface area contributed by atoms with Crippen molar-refractivity contribution in [2.24, 2.45) is 0 Å². The van der Waals surface area contributed by atoms with E-state index in [2.05, 4.69) is 9.71 Å². The van der Waals surface area contributed by atoms with Gasteiger partial charge in [0.2, 0.25) is 10.0 Å². The Morgan fingerprint density at radius 3 is 2.85 bits per heavy atom. The molecule has 0 radical (unpaired) electrons. The van der Waals surface area contributed by atoms with Gasteiger partial charge in [0.25, 0.3) is 5.91 Å². The molecule has 0 spiro atoms. The first-order valence-electron chi connectivity index (χ1n) is 11.3. The quantitative estimate of drug-likeness (QED) is 0.436. The third-order valence-electron chi connectivity index (χ3n) is 6.27. The lowest BCUT2D eigenvalue weighted by molar-refractivity contribution is 0.0704. The number of nitrogens with zero attached hydrogens (tertiary/aromatic N) is 2. The second-order valence-electron chi connectivity index (χ2n) is 8.61. The molecule has 34 heavy (non-hydrogen) atoms. The highest BCUT2D eigenvalue weighted by Gasteiger charge is 2.29. The molecule has 0 bridgehead atoms. The largest absolute Gasteiger partial charge is 0.468 e. The summed E-state index contributed by atoms with van der Waals surface area (Å²) in [5.74, 6) is 1.33. The summed E-state index contributed by atoms with van der Waals surface area (Å²) in [5.41, 5.74) is 3.03. The number of hydrogen-bond acceptors (Lipinski definition) is 5. The van der Waals surface area contributed by atoms with Crippen molar-refractivity contribution < 1.29 is 17.6 Å². The highest BCUT2D eigenvalue weighted by atomic mass is 32.2. The van der Waals surface area contributed by atoms with Crippen molar-refractivity contribution in [1.29, 1.82) is 0 Å². The van der Waals surface area contributed by atoms with E-state index >= 15 is 0 Å². The Bertz CT molecular complexity index is 1390. The van der Waals surface area contributed by atoms with Gasteiger partial charge in [0.05, 0.1) is 28.7 Å². The van der Waals surface area contributed by atoms with Gasteiger partial charge in [0.15, 0.2) is 0 Å². The molecule has 5 rings (SSSR count). The van der Waals surface area contributed by atoms with Crippen LogP contribution in [0.1, 0.15) is 46.3 Å². The Kier molecular flexibility index (Phi) is 5.97. The zero-order valence-electron chi connectivity index (χ0n) is 18.8. The van der Waals surface area contributed by atoms with Crippen LogP contribution in [0.15, 0.2) is 70.2 Å². The van der Waals surface area contributed by atoms with Gasteiger partial charge in [0.1, 0.15) is 11.6 Å². The van der Waals surface area contributed by atoms with Crippen LogP contribution in [-0.4, -0.2) is 42.3 Å². The first-order chi connectivity index (χ1) is 16.4. The number of furan rings is 1.